The highest BCUT2D eigenvalue weighted by Crippen LogP contribution is 2.43. The molecule has 112 valence electrons. The predicted octanol–water partition coefficient (Wildman–Crippen LogP) is 4.30. The van der Waals surface area contributed by atoms with Crippen LogP contribution in [0.1, 0.15) is 18.9 Å². The molecule has 0 heterocycles. The summed E-state index contributed by atoms with van der Waals surface area (Å²) in [5.41, 5.74) is -1.13. The first-order chi connectivity index (χ1) is 9.18. The van der Waals surface area contributed by atoms with Gasteiger partial charge in [-0.25, -0.2) is 4.79 Å². The number of anilines is 1. The number of nitrogens with one attached hydrogen (secondary N) is 1. The monoisotopic (exact) mass is 297 g/mol. The quantitative estimate of drug-likeness (QED) is 0.841. The molecule has 0 saturated carbocycles. The van der Waals surface area contributed by atoms with Crippen molar-refractivity contribution in [3.8, 4) is 0 Å². The van der Waals surface area contributed by atoms with Gasteiger partial charge in [0.15, 0.2) is 0 Å². The zero-order valence-electron chi connectivity index (χ0n) is 10.4. The van der Waals surface area contributed by atoms with Crippen LogP contribution in [0.25, 0.3) is 0 Å². The van der Waals surface area contributed by atoms with Gasteiger partial charge in [0, 0.05) is 11.3 Å². The topological polar surface area (TPSA) is 38.3 Å². The molecule has 1 aromatic carbocycles. The molecule has 0 saturated heterocycles. The molecular weight excluding hydrogens is 285 g/mol. The molecule has 0 spiro atoms. The minimum absolute atomic E-state index is 0.0628. The van der Waals surface area contributed by atoms with E-state index in [9.17, 15) is 26.7 Å². The lowest BCUT2D eigenvalue weighted by atomic mass is 10.1. The van der Waals surface area contributed by atoms with Crippen molar-refractivity contribution in [2.24, 2.45) is 0 Å². The Labute approximate surface area is 111 Å². The molecule has 1 rings (SSSR count). The lowest BCUT2D eigenvalue weighted by Crippen LogP contribution is -2.33. The van der Waals surface area contributed by atoms with Gasteiger partial charge in [-0.05, 0) is 18.6 Å². The van der Waals surface area contributed by atoms with E-state index in [2.05, 4.69) is 10.1 Å². The summed E-state index contributed by atoms with van der Waals surface area (Å²) in [5, 5.41) is 2.21. The highest BCUT2D eigenvalue weighted by atomic mass is 19.4. The molecule has 8 heteroatoms. The Bertz CT molecular complexity index is 456. The average molecular weight is 297 g/mol. The third kappa shape index (κ3) is 3.82. The number of benzene rings is 1. The van der Waals surface area contributed by atoms with Crippen molar-refractivity contribution >= 4 is 11.8 Å². The second-order valence-corrected chi connectivity index (χ2v) is 3.91. The van der Waals surface area contributed by atoms with Crippen molar-refractivity contribution in [2.75, 3.05) is 11.9 Å². The number of rotatable bonds is 4. The Morgan fingerprint density at radius 1 is 1.15 bits per heavy atom. The molecule has 0 unspecified atom stereocenters. The molecule has 20 heavy (non-hydrogen) atoms. The van der Waals surface area contributed by atoms with Crippen molar-refractivity contribution in [1.82, 2.24) is 0 Å². The standard InChI is InChI=1S/C12H12F5NO2/c1-2-7-20-10(19)18-9-5-3-8(4-6-9)11(13,14)12(15,16)17/h3-6H,2,7H2,1H3,(H,18,19). The van der Waals surface area contributed by atoms with Gasteiger partial charge in [0.2, 0.25) is 0 Å². The Morgan fingerprint density at radius 3 is 2.15 bits per heavy atom. The van der Waals surface area contributed by atoms with Crippen LogP contribution in [0.5, 0.6) is 0 Å². The van der Waals surface area contributed by atoms with E-state index in [-0.39, 0.29) is 12.3 Å². The third-order valence-electron chi connectivity index (χ3n) is 2.29. The molecule has 0 aliphatic rings. The zero-order valence-corrected chi connectivity index (χ0v) is 10.4. The molecule has 1 N–H and O–H groups in total. The van der Waals surface area contributed by atoms with Gasteiger partial charge in [0.1, 0.15) is 0 Å². The number of carbonyl (C=O) groups excluding carboxylic acids is 1. The first kappa shape index (κ1) is 16.2. The summed E-state index contributed by atoms with van der Waals surface area (Å²) in [4.78, 5) is 11.2. The summed E-state index contributed by atoms with van der Waals surface area (Å²) in [6.45, 7) is 1.96. The largest absolute Gasteiger partial charge is 0.458 e. The highest BCUT2D eigenvalue weighted by molar-refractivity contribution is 5.84. The van der Waals surface area contributed by atoms with Gasteiger partial charge < -0.3 is 4.74 Å². The third-order valence-corrected chi connectivity index (χ3v) is 2.29. The number of amides is 1. The van der Waals surface area contributed by atoms with Crippen molar-refractivity contribution in [2.45, 2.75) is 25.4 Å². The van der Waals surface area contributed by atoms with E-state index < -0.39 is 23.8 Å². The van der Waals surface area contributed by atoms with Crippen LogP contribution in [-0.4, -0.2) is 18.9 Å². The fraction of sp³-hybridized carbons (Fsp3) is 0.417. The fourth-order valence-electron chi connectivity index (χ4n) is 1.28. The van der Waals surface area contributed by atoms with E-state index in [1.54, 1.807) is 6.92 Å². The van der Waals surface area contributed by atoms with Gasteiger partial charge in [0.05, 0.1) is 6.61 Å². The highest BCUT2D eigenvalue weighted by Gasteiger charge is 2.58. The number of hydrogen-bond acceptors (Lipinski definition) is 2. The minimum Gasteiger partial charge on any atom is -0.449 e. The number of halogens is 5. The molecule has 1 aromatic rings. The van der Waals surface area contributed by atoms with E-state index >= 15 is 0 Å². The number of ether oxygens (including phenoxy) is 1. The molecule has 0 aliphatic heterocycles. The van der Waals surface area contributed by atoms with Crippen LogP contribution in [0, 0.1) is 0 Å². The average Bonchev–Trinajstić information content (AvgIpc) is 2.35. The lowest BCUT2D eigenvalue weighted by Gasteiger charge is -2.20. The molecule has 0 bridgehead atoms. The van der Waals surface area contributed by atoms with Gasteiger partial charge in [0.25, 0.3) is 0 Å². The summed E-state index contributed by atoms with van der Waals surface area (Å²) in [5.74, 6) is -4.94. The van der Waals surface area contributed by atoms with E-state index in [4.69, 9.17) is 0 Å². The van der Waals surface area contributed by atoms with E-state index in [0.29, 0.717) is 18.6 Å². The normalized spacial score (nSPS) is 12.1. The van der Waals surface area contributed by atoms with Gasteiger partial charge in [-0.3, -0.25) is 5.32 Å². The molecule has 0 atom stereocenters. The smallest absolute Gasteiger partial charge is 0.449 e. The van der Waals surface area contributed by atoms with Gasteiger partial charge in [-0.2, -0.15) is 22.0 Å². The number of alkyl halides is 5. The van der Waals surface area contributed by atoms with Gasteiger partial charge >= 0.3 is 18.2 Å². The summed E-state index contributed by atoms with van der Waals surface area (Å²) >= 11 is 0. The van der Waals surface area contributed by atoms with E-state index in [1.807, 2.05) is 0 Å². The maximum atomic E-state index is 13.0. The molecule has 1 amide bonds. The summed E-state index contributed by atoms with van der Waals surface area (Å²) in [7, 11) is 0. The second-order valence-electron chi connectivity index (χ2n) is 3.91. The van der Waals surface area contributed by atoms with Gasteiger partial charge in [-0.1, -0.05) is 19.1 Å². The Hall–Kier alpha value is -1.86. The van der Waals surface area contributed by atoms with Crippen molar-refractivity contribution < 1.29 is 31.5 Å². The first-order valence-electron chi connectivity index (χ1n) is 5.67. The lowest BCUT2D eigenvalue weighted by molar-refractivity contribution is -0.289. The Kier molecular flexibility index (Phi) is 4.91. The summed E-state index contributed by atoms with van der Waals surface area (Å²) in [6.07, 6.45) is -5.87. The molecule has 0 aliphatic carbocycles. The molecule has 0 radical (unpaired) electrons. The Morgan fingerprint density at radius 2 is 1.70 bits per heavy atom. The predicted molar refractivity (Wildman–Crippen MR) is 61.7 cm³/mol. The SMILES string of the molecule is CCCOC(=O)Nc1ccc(C(F)(F)C(F)(F)F)cc1. The maximum Gasteiger partial charge on any atom is 0.458 e. The minimum atomic E-state index is -5.66. The van der Waals surface area contributed by atoms with Crippen LogP contribution in [0.2, 0.25) is 0 Å². The van der Waals surface area contributed by atoms with Crippen LogP contribution in [0.4, 0.5) is 32.4 Å². The summed E-state index contributed by atoms with van der Waals surface area (Å²) < 4.78 is 67.0. The van der Waals surface area contributed by atoms with Crippen molar-refractivity contribution in [1.29, 1.82) is 0 Å². The van der Waals surface area contributed by atoms with Crippen molar-refractivity contribution in [3.63, 3.8) is 0 Å². The van der Waals surface area contributed by atoms with E-state index in [1.165, 1.54) is 0 Å². The molecule has 0 aromatic heterocycles. The number of hydrogen-bond donors (Lipinski definition) is 1. The Balaban J connectivity index is 2.77. The summed E-state index contributed by atoms with van der Waals surface area (Å²) in [6, 6.07) is 3.09. The van der Waals surface area contributed by atoms with Crippen LogP contribution < -0.4 is 5.32 Å². The van der Waals surface area contributed by atoms with Crippen LogP contribution in [-0.2, 0) is 10.7 Å². The molecular formula is C12H12F5NO2. The van der Waals surface area contributed by atoms with Crippen LogP contribution >= 0.6 is 0 Å². The molecule has 3 nitrogen and oxygen atoms in total. The van der Waals surface area contributed by atoms with Crippen molar-refractivity contribution in [3.05, 3.63) is 29.8 Å². The fourth-order valence-corrected chi connectivity index (χ4v) is 1.28. The van der Waals surface area contributed by atoms with Crippen LogP contribution in [0.3, 0.4) is 0 Å². The second kappa shape index (κ2) is 6.06. The zero-order chi connectivity index (χ0) is 15.4. The van der Waals surface area contributed by atoms with Crippen LogP contribution in [0.15, 0.2) is 24.3 Å². The van der Waals surface area contributed by atoms with Gasteiger partial charge in [-0.15, -0.1) is 0 Å². The van der Waals surface area contributed by atoms with E-state index in [0.717, 1.165) is 12.1 Å². The number of carbonyl (C=O) groups is 1. The first-order valence-corrected chi connectivity index (χ1v) is 5.67. The maximum absolute atomic E-state index is 13.0. The molecule has 0 fully saturated rings.